The van der Waals surface area contributed by atoms with E-state index in [2.05, 4.69) is 27.2 Å². The van der Waals surface area contributed by atoms with Crippen molar-refractivity contribution in [2.75, 3.05) is 5.75 Å². The van der Waals surface area contributed by atoms with E-state index in [0.29, 0.717) is 15.9 Å². The smallest absolute Gasteiger partial charge is 0.275 e. The van der Waals surface area contributed by atoms with Crippen molar-refractivity contribution in [2.45, 2.75) is 13.3 Å². The first-order chi connectivity index (χ1) is 10.2. The van der Waals surface area contributed by atoms with Crippen molar-refractivity contribution in [3.05, 3.63) is 34.7 Å². The zero-order chi connectivity index (χ0) is 14.8. The van der Waals surface area contributed by atoms with Crippen molar-refractivity contribution in [1.29, 1.82) is 0 Å². The Labute approximate surface area is 130 Å². The van der Waals surface area contributed by atoms with Crippen molar-refractivity contribution in [1.82, 2.24) is 15.3 Å². The number of amidine groups is 1. The molecule has 0 saturated heterocycles. The van der Waals surface area contributed by atoms with Crippen molar-refractivity contribution in [2.24, 2.45) is 4.99 Å². The molecule has 0 bridgehead atoms. The highest BCUT2D eigenvalue weighted by Gasteiger charge is 2.20. The Morgan fingerprint density at radius 1 is 1.48 bits per heavy atom. The van der Waals surface area contributed by atoms with Gasteiger partial charge in [0.2, 0.25) is 0 Å². The molecule has 5 nitrogen and oxygen atoms in total. The lowest BCUT2D eigenvalue weighted by Gasteiger charge is -1.96. The van der Waals surface area contributed by atoms with Crippen LogP contribution in [0.15, 0.2) is 29.1 Å². The van der Waals surface area contributed by atoms with Crippen LogP contribution >= 0.6 is 23.4 Å². The van der Waals surface area contributed by atoms with Crippen LogP contribution in [0.5, 0.6) is 0 Å². The highest BCUT2D eigenvalue weighted by atomic mass is 35.5. The van der Waals surface area contributed by atoms with Gasteiger partial charge in [0.05, 0.1) is 5.02 Å². The maximum Gasteiger partial charge on any atom is 0.275 e. The van der Waals surface area contributed by atoms with E-state index in [9.17, 15) is 4.79 Å². The number of nitrogens with zero attached hydrogens (tertiary/aromatic N) is 2. The molecule has 2 aromatic rings. The number of carbonyl (C=O) groups is 1. The number of H-pyrrole nitrogens is 1. The van der Waals surface area contributed by atoms with Crippen LogP contribution in [0.1, 0.15) is 18.9 Å². The summed E-state index contributed by atoms with van der Waals surface area (Å²) in [7, 11) is 0. The summed E-state index contributed by atoms with van der Waals surface area (Å²) in [6, 6.07) is 1.82. The van der Waals surface area contributed by atoms with Gasteiger partial charge in [-0.05, 0) is 18.6 Å². The average Bonchev–Trinajstić information content (AvgIpc) is 3.01. The molecule has 0 spiro atoms. The van der Waals surface area contributed by atoms with Crippen LogP contribution in [0.2, 0.25) is 5.02 Å². The summed E-state index contributed by atoms with van der Waals surface area (Å²) >= 11 is 7.51. The molecule has 3 heterocycles. The summed E-state index contributed by atoms with van der Waals surface area (Å²) in [6.45, 7) is 2.09. The van der Waals surface area contributed by atoms with E-state index in [1.165, 1.54) is 0 Å². The number of pyridine rings is 1. The second kappa shape index (κ2) is 5.91. The highest BCUT2D eigenvalue weighted by Crippen LogP contribution is 2.24. The fraction of sp³-hybridized carbons (Fsp3) is 0.214. The van der Waals surface area contributed by atoms with Gasteiger partial charge in [0.25, 0.3) is 5.91 Å². The predicted octanol–water partition coefficient (Wildman–Crippen LogP) is 3.19. The summed E-state index contributed by atoms with van der Waals surface area (Å²) in [5.41, 5.74) is 1.97. The Balaban J connectivity index is 1.94. The minimum absolute atomic E-state index is 0.182. The molecule has 1 amide bonds. The Morgan fingerprint density at radius 3 is 3.14 bits per heavy atom. The van der Waals surface area contributed by atoms with Gasteiger partial charge in [0.1, 0.15) is 11.3 Å². The van der Waals surface area contributed by atoms with Gasteiger partial charge in [0.15, 0.2) is 5.17 Å². The van der Waals surface area contributed by atoms with E-state index >= 15 is 0 Å². The number of rotatable bonds is 3. The topological polar surface area (TPSA) is 70.1 Å². The largest absolute Gasteiger partial charge is 0.346 e. The SMILES string of the molecule is CCCSC1=NC(=Cc2c[nH]c3ncc(Cl)cc23)C(=O)N1. The van der Waals surface area contributed by atoms with E-state index < -0.39 is 0 Å². The van der Waals surface area contributed by atoms with Gasteiger partial charge < -0.3 is 4.98 Å². The first-order valence-corrected chi connectivity index (χ1v) is 7.91. The lowest BCUT2D eigenvalue weighted by molar-refractivity contribution is -0.115. The van der Waals surface area contributed by atoms with E-state index in [0.717, 1.165) is 28.8 Å². The lowest BCUT2D eigenvalue weighted by Crippen LogP contribution is -2.21. The molecule has 0 saturated carbocycles. The highest BCUT2D eigenvalue weighted by molar-refractivity contribution is 8.13. The number of aliphatic imine (C=N–C) groups is 1. The zero-order valence-corrected chi connectivity index (χ0v) is 12.9. The van der Waals surface area contributed by atoms with Gasteiger partial charge in [-0.2, -0.15) is 0 Å². The van der Waals surface area contributed by atoms with E-state index in [1.807, 2.05) is 6.07 Å². The quantitative estimate of drug-likeness (QED) is 0.853. The van der Waals surface area contributed by atoms with Gasteiger partial charge >= 0.3 is 0 Å². The normalized spacial score (nSPS) is 16.6. The minimum Gasteiger partial charge on any atom is -0.346 e. The molecular formula is C14H13ClN4OS. The maximum absolute atomic E-state index is 11.9. The molecule has 0 unspecified atom stereocenters. The van der Waals surface area contributed by atoms with Gasteiger partial charge in [-0.1, -0.05) is 30.3 Å². The Bertz CT molecular complexity index is 765. The third-order valence-electron chi connectivity index (χ3n) is 2.94. The third-order valence-corrected chi connectivity index (χ3v) is 4.23. The molecule has 0 atom stereocenters. The molecule has 0 fully saturated rings. The fourth-order valence-electron chi connectivity index (χ4n) is 1.98. The fourth-order valence-corrected chi connectivity index (χ4v) is 2.86. The number of carbonyl (C=O) groups excluding carboxylic acids is 1. The molecule has 1 aliphatic rings. The van der Waals surface area contributed by atoms with Gasteiger partial charge in [-0.25, -0.2) is 9.98 Å². The number of hydrogen-bond acceptors (Lipinski definition) is 4. The van der Waals surface area contributed by atoms with Crippen molar-refractivity contribution < 1.29 is 4.79 Å². The van der Waals surface area contributed by atoms with Crippen LogP contribution in [-0.2, 0) is 4.79 Å². The predicted molar refractivity (Wildman–Crippen MR) is 87.4 cm³/mol. The van der Waals surface area contributed by atoms with E-state index in [1.54, 1.807) is 30.2 Å². The number of fused-ring (bicyclic) bond motifs is 1. The molecule has 2 aromatic heterocycles. The minimum atomic E-state index is -0.182. The van der Waals surface area contributed by atoms with Crippen molar-refractivity contribution >= 4 is 51.5 Å². The number of aromatic nitrogens is 2. The summed E-state index contributed by atoms with van der Waals surface area (Å²) in [4.78, 5) is 23.5. The number of amides is 1. The van der Waals surface area contributed by atoms with Crippen LogP contribution in [0.25, 0.3) is 17.1 Å². The van der Waals surface area contributed by atoms with E-state index in [-0.39, 0.29) is 5.91 Å². The van der Waals surface area contributed by atoms with Crippen LogP contribution in [0.4, 0.5) is 0 Å². The molecule has 21 heavy (non-hydrogen) atoms. The second-order valence-corrected chi connectivity index (χ2v) is 6.06. The number of thioether (sulfide) groups is 1. The number of aromatic amines is 1. The second-order valence-electron chi connectivity index (χ2n) is 4.54. The van der Waals surface area contributed by atoms with Crippen LogP contribution in [0.3, 0.4) is 0 Å². The lowest BCUT2D eigenvalue weighted by atomic mass is 10.2. The zero-order valence-electron chi connectivity index (χ0n) is 11.3. The number of nitrogens with one attached hydrogen (secondary N) is 2. The number of halogens is 1. The van der Waals surface area contributed by atoms with Crippen LogP contribution < -0.4 is 5.32 Å². The van der Waals surface area contributed by atoms with Crippen LogP contribution in [0, 0.1) is 0 Å². The third kappa shape index (κ3) is 2.96. The number of hydrogen-bond donors (Lipinski definition) is 2. The molecule has 7 heteroatoms. The Hall–Kier alpha value is -1.79. The van der Waals surface area contributed by atoms with Gasteiger partial charge in [0, 0.05) is 29.1 Å². The molecule has 0 aliphatic carbocycles. The van der Waals surface area contributed by atoms with Crippen LogP contribution in [-0.4, -0.2) is 26.8 Å². The molecule has 0 aromatic carbocycles. The Kier molecular flexibility index (Phi) is 3.98. The first kappa shape index (κ1) is 14.2. The molecule has 1 aliphatic heterocycles. The standard InChI is InChI=1S/C14H13ClN4OS/c1-2-3-21-14-18-11(13(20)19-14)4-8-6-16-12-10(8)5-9(15)7-17-12/h4-7H,2-3H2,1H3,(H,16,17)(H,18,19,20). The van der Waals surface area contributed by atoms with Gasteiger partial charge in [-0.3, -0.25) is 10.1 Å². The summed E-state index contributed by atoms with van der Waals surface area (Å²) in [5.74, 6) is 0.747. The summed E-state index contributed by atoms with van der Waals surface area (Å²) in [5, 5.41) is 4.85. The summed E-state index contributed by atoms with van der Waals surface area (Å²) in [6.07, 6.45) is 6.15. The first-order valence-electron chi connectivity index (χ1n) is 6.54. The monoisotopic (exact) mass is 320 g/mol. The molecule has 2 N–H and O–H groups in total. The average molecular weight is 321 g/mol. The van der Waals surface area contributed by atoms with Crippen molar-refractivity contribution in [3.63, 3.8) is 0 Å². The van der Waals surface area contributed by atoms with E-state index in [4.69, 9.17) is 11.6 Å². The Morgan fingerprint density at radius 2 is 2.33 bits per heavy atom. The van der Waals surface area contributed by atoms with Gasteiger partial charge in [-0.15, -0.1) is 0 Å². The molecule has 3 rings (SSSR count). The summed E-state index contributed by atoms with van der Waals surface area (Å²) < 4.78 is 0. The molecule has 108 valence electrons. The maximum atomic E-state index is 11.9. The molecular weight excluding hydrogens is 308 g/mol. The molecule has 0 radical (unpaired) electrons. The van der Waals surface area contributed by atoms with Crippen molar-refractivity contribution in [3.8, 4) is 0 Å².